The summed E-state index contributed by atoms with van der Waals surface area (Å²) in [4.78, 5) is 24.4. The molecular weight excluding hydrogens is 336 g/mol. The van der Waals surface area contributed by atoms with E-state index in [1.54, 1.807) is 26.0 Å². The number of aliphatic hydroxyl groups excluding tert-OH is 2. The number of hydrogen-bond donors (Lipinski definition) is 2. The van der Waals surface area contributed by atoms with Crippen LogP contribution in [0.15, 0.2) is 47.1 Å². The Morgan fingerprint density at radius 3 is 2.81 bits per heavy atom. The van der Waals surface area contributed by atoms with Crippen molar-refractivity contribution < 1.29 is 29.3 Å². The monoisotopic (exact) mass is 362 g/mol. The number of allylic oxidation sites excluding steroid dienone is 3. The van der Waals surface area contributed by atoms with Crippen molar-refractivity contribution in [2.24, 2.45) is 5.92 Å². The molecule has 0 aromatic carbocycles. The number of ether oxygens (including phenoxy) is 2. The van der Waals surface area contributed by atoms with Gasteiger partial charge >= 0.3 is 11.9 Å². The van der Waals surface area contributed by atoms with Gasteiger partial charge in [-0.1, -0.05) is 24.3 Å². The SMILES string of the molecule is C=C1C(=O)O[C@H]2/C=C(\C)CC/C=C(\CO)[C@@H](O)[C@H](OC(=O)/C(C)=C\C)[C@@H]12. The Morgan fingerprint density at radius 2 is 2.19 bits per heavy atom. The van der Waals surface area contributed by atoms with Gasteiger partial charge < -0.3 is 19.7 Å². The summed E-state index contributed by atoms with van der Waals surface area (Å²) in [5.41, 5.74) is 1.87. The van der Waals surface area contributed by atoms with Gasteiger partial charge in [0.2, 0.25) is 0 Å². The fourth-order valence-corrected chi connectivity index (χ4v) is 3.14. The Bertz CT molecular complexity index is 684. The van der Waals surface area contributed by atoms with Gasteiger partial charge in [-0.15, -0.1) is 0 Å². The minimum absolute atomic E-state index is 0.145. The fraction of sp³-hybridized carbons (Fsp3) is 0.500. The average Bonchev–Trinajstić information content (AvgIpc) is 2.88. The molecule has 0 unspecified atom stereocenters. The molecule has 1 aliphatic carbocycles. The molecule has 1 saturated heterocycles. The predicted molar refractivity (Wildman–Crippen MR) is 96.0 cm³/mol. The van der Waals surface area contributed by atoms with Crippen LogP contribution in [0.1, 0.15) is 33.6 Å². The molecule has 0 saturated carbocycles. The van der Waals surface area contributed by atoms with E-state index in [9.17, 15) is 19.8 Å². The lowest BCUT2D eigenvalue weighted by Gasteiger charge is -2.31. The highest BCUT2D eigenvalue weighted by Gasteiger charge is 2.47. The number of fused-ring (bicyclic) bond motifs is 1. The Labute approximate surface area is 153 Å². The third-order valence-electron chi connectivity index (χ3n) is 4.88. The van der Waals surface area contributed by atoms with Gasteiger partial charge in [0.1, 0.15) is 18.3 Å². The first kappa shape index (κ1) is 20.1. The predicted octanol–water partition coefficient (Wildman–Crippen LogP) is 1.98. The van der Waals surface area contributed by atoms with Gasteiger partial charge in [-0.05, 0) is 45.3 Å². The third kappa shape index (κ3) is 4.14. The summed E-state index contributed by atoms with van der Waals surface area (Å²) in [7, 11) is 0. The van der Waals surface area contributed by atoms with Crippen molar-refractivity contribution >= 4 is 11.9 Å². The van der Waals surface area contributed by atoms with E-state index in [0.29, 0.717) is 24.0 Å². The number of esters is 2. The van der Waals surface area contributed by atoms with Crippen molar-refractivity contribution in [3.8, 4) is 0 Å². The van der Waals surface area contributed by atoms with E-state index in [-0.39, 0.29) is 12.2 Å². The lowest BCUT2D eigenvalue weighted by Crippen LogP contribution is -2.43. The molecule has 6 heteroatoms. The van der Waals surface area contributed by atoms with E-state index < -0.39 is 36.2 Å². The fourth-order valence-electron chi connectivity index (χ4n) is 3.14. The van der Waals surface area contributed by atoms with Gasteiger partial charge in [-0.25, -0.2) is 9.59 Å². The molecule has 0 amide bonds. The van der Waals surface area contributed by atoms with Crippen LogP contribution in [0, 0.1) is 5.92 Å². The molecule has 2 rings (SSSR count). The van der Waals surface area contributed by atoms with Gasteiger partial charge in [-0.2, -0.15) is 0 Å². The molecule has 2 N–H and O–H groups in total. The Hall–Kier alpha value is -2.18. The summed E-state index contributed by atoms with van der Waals surface area (Å²) in [6.07, 6.45) is 3.43. The van der Waals surface area contributed by atoms with Gasteiger partial charge in [0, 0.05) is 11.1 Å². The van der Waals surface area contributed by atoms with Gasteiger partial charge in [0.05, 0.1) is 12.5 Å². The number of carbonyl (C=O) groups excluding carboxylic acids is 2. The standard InChI is InChI=1S/C20H26O6/c1-5-12(3)19(23)26-18-16-13(4)20(24)25-15(16)9-11(2)7-6-8-14(10-21)17(18)22/h5,8-9,15-18,21-22H,4,6-7,10H2,1-3H3/b11-9+,12-5-,14-8+/t15-,16-,17+,18+/m0/s1. The number of hydrogen-bond acceptors (Lipinski definition) is 6. The van der Waals surface area contributed by atoms with Crippen molar-refractivity contribution in [1.29, 1.82) is 0 Å². The molecule has 1 fully saturated rings. The van der Waals surface area contributed by atoms with E-state index in [0.717, 1.165) is 5.57 Å². The van der Waals surface area contributed by atoms with Crippen molar-refractivity contribution in [1.82, 2.24) is 0 Å². The lowest BCUT2D eigenvalue weighted by atomic mass is 9.83. The highest BCUT2D eigenvalue weighted by atomic mass is 16.6. The molecule has 1 heterocycles. The maximum Gasteiger partial charge on any atom is 0.334 e. The van der Waals surface area contributed by atoms with Crippen LogP contribution in [0.5, 0.6) is 0 Å². The molecule has 142 valence electrons. The largest absolute Gasteiger partial charge is 0.455 e. The van der Waals surface area contributed by atoms with Crippen LogP contribution in [0.4, 0.5) is 0 Å². The summed E-state index contributed by atoms with van der Waals surface area (Å²) in [5.74, 6) is -1.90. The lowest BCUT2D eigenvalue weighted by molar-refractivity contribution is -0.153. The highest BCUT2D eigenvalue weighted by Crippen LogP contribution is 2.36. The van der Waals surface area contributed by atoms with Crippen molar-refractivity contribution in [3.05, 3.63) is 47.1 Å². The van der Waals surface area contributed by atoms with Crippen molar-refractivity contribution in [3.63, 3.8) is 0 Å². The minimum Gasteiger partial charge on any atom is -0.455 e. The number of aliphatic hydroxyl groups is 2. The van der Waals surface area contributed by atoms with Crippen molar-refractivity contribution in [2.75, 3.05) is 6.61 Å². The average molecular weight is 362 g/mol. The van der Waals surface area contributed by atoms with Crippen LogP contribution in [0.25, 0.3) is 0 Å². The van der Waals surface area contributed by atoms with Crippen LogP contribution in [-0.2, 0) is 19.1 Å². The van der Waals surface area contributed by atoms with Gasteiger partial charge in [0.15, 0.2) is 0 Å². The minimum atomic E-state index is -1.26. The molecule has 1 aliphatic heterocycles. The van der Waals surface area contributed by atoms with Crippen LogP contribution in [0.2, 0.25) is 0 Å². The summed E-state index contributed by atoms with van der Waals surface area (Å²) >= 11 is 0. The summed E-state index contributed by atoms with van der Waals surface area (Å²) < 4.78 is 10.9. The molecule has 26 heavy (non-hydrogen) atoms. The summed E-state index contributed by atoms with van der Waals surface area (Å²) in [6.45, 7) is 8.62. The molecule has 0 aromatic rings. The molecule has 0 aromatic heterocycles. The molecule has 0 radical (unpaired) electrons. The third-order valence-corrected chi connectivity index (χ3v) is 4.88. The first-order valence-electron chi connectivity index (χ1n) is 8.69. The first-order chi connectivity index (χ1) is 12.3. The van der Waals surface area contributed by atoms with Crippen molar-refractivity contribution in [2.45, 2.75) is 51.9 Å². The van der Waals surface area contributed by atoms with Crippen LogP contribution >= 0.6 is 0 Å². The summed E-state index contributed by atoms with van der Waals surface area (Å²) in [5, 5.41) is 20.5. The first-order valence-corrected chi connectivity index (χ1v) is 8.69. The van der Waals surface area contributed by atoms with Crippen LogP contribution in [0.3, 0.4) is 0 Å². The zero-order chi connectivity index (χ0) is 19.4. The zero-order valence-electron chi connectivity index (χ0n) is 15.4. The Kier molecular flexibility index (Phi) is 6.56. The van der Waals surface area contributed by atoms with E-state index in [1.165, 1.54) is 0 Å². The molecule has 4 atom stereocenters. The second kappa shape index (κ2) is 8.47. The Morgan fingerprint density at radius 1 is 1.50 bits per heavy atom. The van der Waals surface area contributed by atoms with E-state index >= 15 is 0 Å². The normalized spacial score (nSPS) is 34.1. The number of rotatable bonds is 3. The smallest absolute Gasteiger partial charge is 0.334 e. The van der Waals surface area contributed by atoms with Crippen LogP contribution < -0.4 is 0 Å². The molecule has 2 aliphatic rings. The molecule has 0 spiro atoms. The van der Waals surface area contributed by atoms with Gasteiger partial charge in [-0.3, -0.25) is 0 Å². The molecule has 6 nitrogen and oxygen atoms in total. The highest BCUT2D eigenvalue weighted by molar-refractivity contribution is 5.92. The molecular formula is C20H26O6. The van der Waals surface area contributed by atoms with Crippen LogP contribution in [-0.4, -0.2) is 47.1 Å². The quantitative estimate of drug-likeness (QED) is 0.453. The Balaban J connectivity index is 2.50. The van der Waals surface area contributed by atoms with E-state index in [1.807, 2.05) is 13.0 Å². The van der Waals surface area contributed by atoms with Gasteiger partial charge in [0.25, 0.3) is 0 Å². The zero-order valence-corrected chi connectivity index (χ0v) is 15.4. The molecule has 0 bridgehead atoms. The number of carbonyl (C=O) groups is 2. The summed E-state index contributed by atoms with van der Waals surface area (Å²) in [6, 6.07) is 0. The maximum atomic E-state index is 12.3. The maximum absolute atomic E-state index is 12.3. The van der Waals surface area contributed by atoms with E-state index in [4.69, 9.17) is 9.47 Å². The second-order valence-corrected chi connectivity index (χ2v) is 6.70. The second-order valence-electron chi connectivity index (χ2n) is 6.70. The van der Waals surface area contributed by atoms with E-state index in [2.05, 4.69) is 6.58 Å². The topological polar surface area (TPSA) is 93.1 Å².